The molecule has 1 atom stereocenters. The van der Waals surface area contributed by atoms with Gasteiger partial charge in [0.1, 0.15) is 0 Å². The number of benzene rings is 2. The number of hydrogen-bond acceptors (Lipinski definition) is 1. The molecular weight excluding hydrogens is 194 g/mol. The van der Waals surface area contributed by atoms with Crippen LogP contribution in [-0.2, 0) is 6.42 Å². The second-order valence-corrected chi connectivity index (χ2v) is 4.26. The summed E-state index contributed by atoms with van der Waals surface area (Å²) in [7, 11) is 0. The van der Waals surface area contributed by atoms with Crippen molar-refractivity contribution in [3.05, 3.63) is 65.7 Å². The van der Waals surface area contributed by atoms with E-state index in [1.165, 1.54) is 11.1 Å². The summed E-state index contributed by atoms with van der Waals surface area (Å²) in [4.78, 5) is 0. The van der Waals surface area contributed by atoms with E-state index in [4.69, 9.17) is 5.73 Å². The van der Waals surface area contributed by atoms with E-state index in [1.807, 2.05) is 12.1 Å². The third kappa shape index (κ3) is 2.63. The lowest BCUT2D eigenvalue weighted by atomic mass is 9.93. The van der Waals surface area contributed by atoms with Crippen molar-refractivity contribution in [2.45, 2.75) is 19.3 Å². The number of nitrogens with two attached hydrogens (primary N) is 1. The monoisotopic (exact) mass is 211 g/mol. The Bertz CT molecular complexity index is 448. The van der Waals surface area contributed by atoms with Crippen molar-refractivity contribution < 1.29 is 0 Å². The van der Waals surface area contributed by atoms with Gasteiger partial charge >= 0.3 is 0 Å². The van der Waals surface area contributed by atoms with E-state index in [2.05, 4.69) is 49.4 Å². The maximum Gasteiger partial charge on any atom is 0.0316 e. The molecule has 0 saturated heterocycles. The van der Waals surface area contributed by atoms with Crippen molar-refractivity contribution >= 4 is 5.69 Å². The van der Waals surface area contributed by atoms with E-state index in [9.17, 15) is 0 Å². The third-order valence-electron chi connectivity index (χ3n) is 2.86. The molecule has 0 aliphatic carbocycles. The van der Waals surface area contributed by atoms with Gasteiger partial charge in [-0.25, -0.2) is 0 Å². The van der Waals surface area contributed by atoms with Gasteiger partial charge in [-0.2, -0.15) is 0 Å². The molecule has 2 aromatic rings. The highest BCUT2D eigenvalue weighted by molar-refractivity contribution is 5.42. The molecule has 0 saturated carbocycles. The molecule has 16 heavy (non-hydrogen) atoms. The molecule has 2 rings (SSSR count). The molecule has 0 radical (unpaired) electrons. The highest BCUT2D eigenvalue weighted by Gasteiger charge is 2.06. The summed E-state index contributed by atoms with van der Waals surface area (Å²) in [6.45, 7) is 2.24. The van der Waals surface area contributed by atoms with Crippen molar-refractivity contribution in [2.75, 3.05) is 5.73 Å². The van der Waals surface area contributed by atoms with Gasteiger partial charge in [0, 0.05) is 5.69 Å². The summed E-state index contributed by atoms with van der Waals surface area (Å²) < 4.78 is 0. The molecule has 2 aromatic carbocycles. The Morgan fingerprint density at radius 3 is 2.44 bits per heavy atom. The fourth-order valence-corrected chi connectivity index (χ4v) is 1.95. The molecule has 0 fully saturated rings. The lowest BCUT2D eigenvalue weighted by Crippen LogP contribution is -1.99. The second-order valence-electron chi connectivity index (χ2n) is 4.26. The molecule has 1 heteroatoms. The smallest absolute Gasteiger partial charge is 0.0316 e. The van der Waals surface area contributed by atoms with Crippen molar-refractivity contribution in [2.24, 2.45) is 0 Å². The van der Waals surface area contributed by atoms with Gasteiger partial charge in [-0.3, -0.25) is 0 Å². The fourth-order valence-electron chi connectivity index (χ4n) is 1.95. The Morgan fingerprint density at radius 1 is 1.00 bits per heavy atom. The Labute approximate surface area is 96.9 Å². The average molecular weight is 211 g/mol. The van der Waals surface area contributed by atoms with Crippen molar-refractivity contribution in [1.29, 1.82) is 0 Å². The number of rotatable bonds is 3. The topological polar surface area (TPSA) is 26.0 Å². The predicted octanol–water partition coefficient (Wildman–Crippen LogP) is 3.62. The Balaban J connectivity index is 2.12. The third-order valence-corrected chi connectivity index (χ3v) is 2.86. The number of anilines is 1. The van der Waals surface area contributed by atoms with Crippen LogP contribution in [0.4, 0.5) is 5.69 Å². The van der Waals surface area contributed by atoms with Gasteiger partial charge in [-0.1, -0.05) is 49.4 Å². The first kappa shape index (κ1) is 10.7. The molecule has 82 valence electrons. The Morgan fingerprint density at radius 2 is 1.75 bits per heavy atom. The zero-order valence-electron chi connectivity index (χ0n) is 9.56. The Kier molecular flexibility index (Phi) is 3.25. The molecule has 0 bridgehead atoms. The van der Waals surface area contributed by atoms with E-state index < -0.39 is 0 Å². The van der Waals surface area contributed by atoms with Gasteiger partial charge in [-0.15, -0.1) is 0 Å². The van der Waals surface area contributed by atoms with Crippen LogP contribution >= 0.6 is 0 Å². The minimum absolute atomic E-state index is 0.505. The summed E-state index contributed by atoms with van der Waals surface area (Å²) >= 11 is 0. The first-order valence-corrected chi connectivity index (χ1v) is 5.65. The molecule has 0 aromatic heterocycles. The molecule has 0 aliphatic heterocycles. The summed E-state index contributed by atoms with van der Waals surface area (Å²) in [6, 6.07) is 18.7. The van der Waals surface area contributed by atoms with Crippen LogP contribution in [0.3, 0.4) is 0 Å². The van der Waals surface area contributed by atoms with Crippen molar-refractivity contribution in [3.8, 4) is 0 Å². The van der Waals surface area contributed by atoms with Crippen LogP contribution in [0.2, 0.25) is 0 Å². The second kappa shape index (κ2) is 4.84. The van der Waals surface area contributed by atoms with Gasteiger partial charge in [0.25, 0.3) is 0 Å². The summed E-state index contributed by atoms with van der Waals surface area (Å²) in [5, 5.41) is 0. The van der Waals surface area contributed by atoms with Gasteiger partial charge in [0.2, 0.25) is 0 Å². The quantitative estimate of drug-likeness (QED) is 0.771. The van der Waals surface area contributed by atoms with Crippen LogP contribution in [0, 0.1) is 0 Å². The summed E-state index contributed by atoms with van der Waals surface area (Å²) in [6.07, 6.45) is 1.06. The first-order chi connectivity index (χ1) is 7.75. The lowest BCUT2D eigenvalue weighted by molar-refractivity contribution is 0.759. The maximum atomic E-state index is 5.79. The highest BCUT2D eigenvalue weighted by Crippen LogP contribution is 2.21. The minimum Gasteiger partial charge on any atom is -0.399 e. The number of nitrogen functional groups attached to an aromatic ring is 1. The van der Waals surface area contributed by atoms with Gasteiger partial charge in [0.05, 0.1) is 0 Å². The van der Waals surface area contributed by atoms with Crippen LogP contribution in [-0.4, -0.2) is 0 Å². The van der Waals surface area contributed by atoms with Crippen LogP contribution in [0.1, 0.15) is 24.0 Å². The fraction of sp³-hybridized carbons (Fsp3) is 0.200. The zero-order valence-corrected chi connectivity index (χ0v) is 9.56. The molecule has 1 unspecified atom stereocenters. The highest BCUT2D eigenvalue weighted by atomic mass is 14.5. The van der Waals surface area contributed by atoms with Crippen molar-refractivity contribution in [3.63, 3.8) is 0 Å². The molecule has 0 aliphatic rings. The standard InChI is InChI=1S/C15H17N/c1-12(10-13-6-3-2-4-7-13)14-8-5-9-15(16)11-14/h2-9,11-12H,10,16H2,1H3. The Hall–Kier alpha value is -1.76. The van der Waals surface area contributed by atoms with E-state index in [1.54, 1.807) is 0 Å². The minimum atomic E-state index is 0.505. The largest absolute Gasteiger partial charge is 0.399 e. The van der Waals surface area contributed by atoms with E-state index in [0.717, 1.165) is 12.1 Å². The van der Waals surface area contributed by atoms with Crippen LogP contribution in [0.5, 0.6) is 0 Å². The molecular formula is C15H17N. The molecule has 0 heterocycles. The molecule has 2 N–H and O–H groups in total. The van der Waals surface area contributed by atoms with E-state index >= 15 is 0 Å². The van der Waals surface area contributed by atoms with Gasteiger partial charge in [0.15, 0.2) is 0 Å². The summed E-state index contributed by atoms with van der Waals surface area (Å²) in [5.41, 5.74) is 9.32. The molecule has 0 spiro atoms. The predicted molar refractivity (Wildman–Crippen MR) is 69.4 cm³/mol. The van der Waals surface area contributed by atoms with Crippen LogP contribution in [0.15, 0.2) is 54.6 Å². The van der Waals surface area contributed by atoms with Crippen LogP contribution < -0.4 is 5.73 Å². The molecule has 0 amide bonds. The average Bonchev–Trinajstić information content (AvgIpc) is 2.30. The summed E-state index contributed by atoms with van der Waals surface area (Å²) in [5.74, 6) is 0.505. The maximum absolute atomic E-state index is 5.79. The number of hydrogen-bond donors (Lipinski definition) is 1. The van der Waals surface area contributed by atoms with E-state index in [-0.39, 0.29) is 0 Å². The van der Waals surface area contributed by atoms with Gasteiger partial charge < -0.3 is 5.73 Å². The van der Waals surface area contributed by atoms with Crippen molar-refractivity contribution in [1.82, 2.24) is 0 Å². The first-order valence-electron chi connectivity index (χ1n) is 5.65. The van der Waals surface area contributed by atoms with Gasteiger partial charge in [-0.05, 0) is 35.6 Å². The zero-order chi connectivity index (χ0) is 11.4. The normalized spacial score (nSPS) is 12.3. The van der Waals surface area contributed by atoms with E-state index in [0.29, 0.717) is 5.92 Å². The molecule has 1 nitrogen and oxygen atoms in total. The van der Waals surface area contributed by atoms with Crippen LogP contribution in [0.25, 0.3) is 0 Å². The lowest BCUT2D eigenvalue weighted by Gasteiger charge is -2.12. The SMILES string of the molecule is CC(Cc1ccccc1)c1cccc(N)c1.